The van der Waals surface area contributed by atoms with Crippen molar-refractivity contribution in [3.63, 3.8) is 0 Å². The third-order valence-corrected chi connectivity index (χ3v) is 3.93. The van der Waals surface area contributed by atoms with E-state index in [0.717, 1.165) is 28.2 Å². The number of halogens is 2. The van der Waals surface area contributed by atoms with Gasteiger partial charge in [0.05, 0.1) is 0 Å². The molecular weight excluding hydrogens is 350 g/mol. The monoisotopic (exact) mass is 367 g/mol. The van der Waals surface area contributed by atoms with Crippen molar-refractivity contribution in [3.05, 3.63) is 63.6 Å². The van der Waals surface area contributed by atoms with Crippen molar-refractivity contribution in [2.75, 3.05) is 13.2 Å². The lowest BCUT2D eigenvalue weighted by molar-refractivity contribution is 0.265. The van der Waals surface area contributed by atoms with Gasteiger partial charge in [-0.25, -0.2) is 0 Å². The largest absolute Gasteiger partial charge is 0.492 e. The molecule has 0 aliphatic rings. The van der Waals surface area contributed by atoms with Crippen LogP contribution < -0.4 is 10.1 Å². The summed E-state index contributed by atoms with van der Waals surface area (Å²) in [5.74, 6) is 0.845. The Labute approximate surface area is 139 Å². The van der Waals surface area contributed by atoms with Gasteiger partial charge in [-0.2, -0.15) is 0 Å². The molecule has 0 fully saturated rings. The Kier molecular flexibility index (Phi) is 6.55. The second-order valence-corrected chi connectivity index (χ2v) is 6.20. The molecule has 0 aliphatic heterocycles. The van der Waals surface area contributed by atoms with Gasteiger partial charge in [0.15, 0.2) is 0 Å². The molecule has 0 saturated carbocycles. The lowest BCUT2D eigenvalue weighted by Crippen LogP contribution is -2.36. The Morgan fingerprint density at radius 3 is 2.38 bits per heavy atom. The van der Waals surface area contributed by atoms with Crippen molar-refractivity contribution in [3.8, 4) is 5.75 Å². The van der Waals surface area contributed by atoms with Gasteiger partial charge in [-0.15, -0.1) is 0 Å². The third kappa shape index (κ3) is 5.70. The van der Waals surface area contributed by atoms with Crippen LogP contribution in [0.25, 0.3) is 0 Å². The van der Waals surface area contributed by atoms with E-state index in [0.29, 0.717) is 6.61 Å². The molecule has 2 aromatic rings. The van der Waals surface area contributed by atoms with Gasteiger partial charge in [-0.1, -0.05) is 46.6 Å². The maximum Gasteiger partial charge on any atom is 0.119 e. The SMILES string of the molecule is CCNC(COc1ccc(Cl)cc1)Cc1ccc(Br)cc1. The number of hydrogen-bond donors (Lipinski definition) is 1. The molecule has 1 unspecified atom stereocenters. The number of hydrogen-bond acceptors (Lipinski definition) is 2. The molecule has 112 valence electrons. The summed E-state index contributed by atoms with van der Waals surface area (Å²) in [5.41, 5.74) is 1.30. The maximum atomic E-state index is 5.87. The Morgan fingerprint density at radius 1 is 1.10 bits per heavy atom. The van der Waals surface area contributed by atoms with Crippen molar-refractivity contribution in [1.29, 1.82) is 0 Å². The van der Waals surface area contributed by atoms with Gasteiger partial charge in [0, 0.05) is 15.5 Å². The molecule has 0 bridgehead atoms. The molecule has 0 aromatic heterocycles. The van der Waals surface area contributed by atoms with Crippen molar-refractivity contribution < 1.29 is 4.74 Å². The predicted molar refractivity (Wildman–Crippen MR) is 92.3 cm³/mol. The van der Waals surface area contributed by atoms with Gasteiger partial charge in [0.2, 0.25) is 0 Å². The van der Waals surface area contributed by atoms with E-state index in [1.54, 1.807) is 0 Å². The zero-order valence-electron chi connectivity index (χ0n) is 12.0. The molecule has 1 atom stereocenters. The minimum atomic E-state index is 0.284. The highest BCUT2D eigenvalue weighted by molar-refractivity contribution is 9.10. The topological polar surface area (TPSA) is 21.3 Å². The van der Waals surface area contributed by atoms with Crippen LogP contribution in [0.4, 0.5) is 0 Å². The minimum absolute atomic E-state index is 0.284. The van der Waals surface area contributed by atoms with Crippen LogP contribution in [-0.4, -0.2) is 19.2 Å². The zero-order valence-corrected chi connectivity index (χ0v) is 14.3. The first-order chi connectivity index (χ1) is 10.2. The predicted octanol–water partition coefficient (Wildman–Crippen LogP) is 4.70. The average Bonchev–Trinajstić information content (AvgIpc) is 2.49. The number of rotatable bonds is 7. The molecule has 2 rings (SSSR count). The fourth-order valence-corrected chi connectivity index (χ4v) is 2.50. The summed E-state index contributed by atoms with van der Waals surface area (Å²) in [6.07, 6.45) is 0.939. The standard InChI is InChI=1S/C17H19BrClNO/c1-2-20-16(11-13-3-5-14(18)6-4-13)12-21-17-9-7-15(19)8-10-17/h3-10,16,20H,2,11-12H2,1H3. The van der Waals surface area contributed by atoms with E-state index in [9.17, 15) is 0 Å². The van der Waals surface area contributed by atoms with Gasteiger partial charge in [0.25, 0.3) is 0 Å². The van der Waals surface area contributed by atoms with Crippen molar-refractivity contribution in [2.45, 2.75) is 19.4 Å². The van der Waals surface area contributed by atoms with E-state index >= 15 is 0 Å². The summed E-state index contributed by atoms with van der Waals surface area (Å²) >= 11 is 9.33. The third-order valence-electron chi connectivity index (χ3n) is 3.15. The van der Waals surface area contributed by atoms with Crippen LogP contribution in [0.15, 0.2) is 53.0 Å². The normalized spacial score (nSPS) is 12.1. The van der Waals surface area contributed by atoms with E-state index in [1.165, 1.54) is 5.56 Å². The molecule has 0 spiro atoms. The molecule has 2 nitrogen and oxygen atoms in total. The van der Waals surface area contributed by atoms with Crippen LogP contribution in [0, 0.1) is 0 Å². The van der Waals surface area contributed by atoms with Crippen LogP contribution in [0.5, 0.6) is 5.75 Å². The summed E-state index contributed by atoms with van der Waals surface area (Å²) in [6.45, 7) is 3.66. The average molecular weight is 369 g/mol. The first-order valence-corrected chi connectivity index (χ1v) is 8.20. The summed E-state index contributed by atoms with van der Waals surface area (Å²) < 4.78 is 6.94. The molecule has 0 aliphatic carbocycles. The van der Waals surface area contributed by atoms with E-state index in [4.69, 9.17) is 16.3 Å². The van der Waals surface area contributed by atoms with Crippen molar-refractivity contribution >= 4 is 27.5 Å². The number of benzene rings is 2. The lowest BCUT2D eigenvalue weighted by atomic mass is 10.1. The van der Waals surface area contributed by atoms with Crippen LogP contribution in [0.3, 0.4) is 0 Å². The highest BCUT2D eigenvalue weighted by atomic mass is 79.9. The second-order valence-electron chi connectivity index (χ2n) is 4.85. The van der Waals surface area contributed by atoms with Gasteiger partial charge in [0.1, 0.15) is 12.4 Å². The second kappa shape index (κ2) is 8.42. The number of ether oxygens (including phenoxy) is 1. The molecule has 0 amide bonds. The summed E-state index contributed by atoms with van der Waals surface area (Å²) in [7, 11) is 0. The van der Waals surface area contributed by atoms with Crippen LogP contribution in [0.1, 0.15) is 12.5 Å². The molecule has 2 aromatic carbocycles. The van der Waals surface area contributed by atoms with Crippen molar-refractivity contribution in [1.82, 2.24) is 5.32 Å². The molecular formula is C17H19BrClNO. The van der Waals surface area contributed by atoms with E-state index in [-0.39, 0.29) is 6.04 Å². The smallest absolute Gasteiger partial charge is 0.119 e. The summed E-state index contributed by atoms with van der Waals surface area (Å²) in [4.78, 5) is 0. The summed E-state index contributed by atoms with van der Waals surface area (Å²) in [6, 6.07) is 16.2. The first kappa shape index (κ1) is 16.3. The van der Waals surface area contributed by atoms with E-state index in [2.05, 4.69) is 52.4 Å². The first-order valence-electron chi connectivity index (χ1n) is 7.03. The molecule has 0 radical (unpaired) electrons. The molecule has 4 heteroatoms. The van der Waals surface area contributed by atoms with Crippen LogP contribution in [0.2, 0.25) is 5.02 Å². The highest BCUT2D eigenvalue weighted by Gasteiger charge is 2.09. The fourth-order valence-electron chi connectivity index (χ4n) is 2.11. The Morgan fingerprint density at radius 2 is 1.76 bits per heavy atom. The minimum Gasteiger partial charge on any atom is -0.492 e. The molecule has 21 heavy (non-hydrogen) atoms. The quantitative estimate of drug-likeness (QED) is 0.764. The fraction of sp³-hybridized carbons (Fsp3) is 0.294. The summed E-state index contributed by atoms with van der Waals surface area (Å²) in [5, 5.41) is 4.19. The highest BCUT2D eigenvalue weighted by Crippen LogP contribution is 2.16. The van der Waals surface area contributed by atoms with Crippen LogP contribution in [-0.2, 0) is 6.42 Å². The van der Waals surface area contributed by atoms with Crippen LogP contribution >= 0.6 is 27.5 Å². The Balaban J connectivity index is 1.92. The van der Waals surface area contributed by atoms with E-state index in [1.807, 2.05) is 24.3 Å². The van der Waals surface area contributed by atoms with Gasteiger partial charge < -0.3 is 10.1 Å². The number of likely N-dealkylation sites (N-methyl/N-ethyl adjacent to an activating group) is 1. The number of nitrogens with one attached hydrogen (secondary N) is 1. The Hall–Kier alpha value is -1.03. The van der Waals surface area contributed by atoms with Gasteiger partial charge >= 0.3 is 0 Å². The zero-order chi connectivity index (χ0) is 15.1. The van der Waals surface area contributed by atoms with Gasteiger partial charge in [-0.3, -0.25) is 0 Å². The van der Waals surface area contributed by atoms with E-state index < -0.39 is 0 Å². The molecule has 0 saturated heterocycles. The van der Waals surface area contributed by atoms with Gasteiger partial charge in [-0.05, 0) is 54.9 Å². The lowest BCUT2D eigenvalue weighted by Gasteiger charge is -2.19. The molecule has 1 N–H and O–H groups in total. The Bertz CT molecular complexity index is 542. The van der Waals surface area contributed by atoms with Crippen molar-refractivity contribution in [2.24, 2.45) is 0 Å². The molecule has 0 heterocycles. The maximum absolute atomic E-state index is 5.87.